The molecule has 0 N–H and O–H groups in total. The van der Waals surface area contributed by atoms with Gasteiger partial charge in [-0.2, -0.15) is 0 Å². The van der Waals surface area contributed by atoms with Gasteiger partial charge in [-0.1, -0.05) is 0 Å². The normalized spacial score (nSPS) is 18.4. The molecule has 0 aliphatic carbocycles. The number of carbonyl (C=O) groups is 1. The number of nitrogens with zero attached hydrogens (tertiary/aromatic N) is 4. The SMILES string of the molecule is CN(C)C(=O)c1ccc(N(C)CC2CCCO2)nn1. The predicted molar refractivity (Wildman–Crippen MR) is 72.3 cm³/mol. The molecule has 2 heterocycles. The Balaban J connectivity index is 1.99. The zero-order valence-corrected chi connectivity index (χ0v) is 11.7. The quantitative estimate of drug-likeness (QED) is 0.805. The van der Waals surface area contributed by atoms with Crippen molar-refractivity contribution in [2.75, 3.05) is 39.2 Å². The third-order valence-electron chi connectivity index (χ3n) is 3.17. The van der Waals surface area contributed by atoms with Gasteiger partial charge >= 0.3 is 0 Å². The zero-order chi connectivity index (χ0) is 13.8. The molecule has 1 saturated heterocycles. The van der Waals surface area contributed by atoms with E-state index in [9.17, 15) is 4.79 Å². The average Bonchev–Trinajstić information content (AvgIpc) is 2.90. The maximum Gasteiger partial charge on any atom is 0.273 e. The van der Waals surface area contributed by atoms with Crippen LogP contribution < -0.4 is 4.90 Å². The summed E-state index contributed by atoms with van der Waals surface area (Å²) in [5.41, 5.74) is 0.360. The van der Waals surface area contributed by atoms with E-state index in [1.165, 1.54) is 4.90 Å². The minimum atomic E-state index is -0.138. The summed E-state index contributed by atoms with van der Waals surface area (Å²) in [5.74, 6) is 0.617. The Labute approximate surface area is 113 Å². The number of aromatic nitrogens is 2. The fourth-order valence-electron chi connectivity index (χ4n) is 2.06. The van der Waals surface area contributed by atoms with Crippen molar-refractivity contribution in [3.05, 3.63) is 17.8 Å². The Bertz CT molecular complexity index is 427. The van der Waals surface area contributed by atoms with Crippen LogP contribution >= 0.6 is 0 Å². The zero-order valence-electron chi connectivity index (χ0n) is 11.7. The van der Waals surface area contributed by atoms with Crippen molar-refractivity contribution in [3.63, 3.8) is 0 Å². The lowest BCUT2D eigenvalue weighted by Gasteiger charge is -2.21. The average molecular weight is 264 g/mol. The van der Waals surface area contributed by atoms with E-state index in [1.807, 2.05) is 18.0 Å². The molecule has 0 aromatic carbocycles. The van der Waals surface area contributed by atoms with Crippen LogP contribution in [-0.4, -0.2) is 61.4 Å². The Morgan fingerprint density at radius 3 is 2.68 bits per heavy atom. The summed E-state index contributed by atoms with van der Waals surface area (Å²) < 4.78 is 5.59. The minimum Gasteiger partial charge on any atom is -0.376 e. The van der Waals surface area contributed by atoms with Crippen molar-refractivity contribution in [3.8, 4) is 0 Å². The van der Waals surface area contributed by atoms with Crippen molar-refractivity contribution in [2.24, 2.45) is 0 Å². The van der Waals surface area contributed by atoms with Gasteiger partial charge in [0.25, 0.3) is 5.91 Å². The lowest BCUT2D eigenvalue weighted by atomic mass is 10.2. The third-order valence-corrected chi connectivity index (χ3v) is 3.17. The second-order valence-corrected chi connectivity index (χ2v) is 4.99. The van der Waals surface area contributed by atoms with Gasteiger partial charge in [-0.3, -0.25) is 4.79 Å². The van der Waals surface area contributed by atoms with E-state index < -0.39 is 0 Å². The molecule has 104 valence electrons. The first-order valence-electron chi connectivity index (χ1n) is 6.46. The van der Waals surface area contributed by atoms with Crippen LogP contribution in [0.5, 0.6) is 0 Å². The molecule has 0 saturated carbocycles. The van der Waals surface area contributed by atoms with Crippen LogP contribution in [0.15, 0.2) is 12.1 Å². The highest BCUT2D eigenvalue weighted by atomic mass is 16.5. The van der Waals surface area contributed by atoms with Crippen molar-refractivity contribution in [1.82, 2.24) is 15.1 Å². The largest absolute Gasteiger partial charge is 0.376 e. The van der Waals surface area contributed by atoms with Crippen molar-refractivity contribution >= 4 is 11.7 Å². The van der Waals surface area contributed by atoms with E-state index in [-0.39, 0.29) is 12.0 Å². The number of anilines is 1. The van der Waals surface area contributed by atoms with Gasteiger partial charge in [0, 0.05) is 34.3 Å². The van der Waals surface area contributed by atoms with Crippen LogP contribution in [0, 0.1) is 0 Å². The summed E-state index contributed by atoms with van der Waals surface area (Å²) in [5, 5.41) is 8.07. The van der Waals surface area contributed by atoms with Gasteiger partial charge < -0.3 is 14.5 Å². The summed E-state index contributed by atoms with van der Waals surface area (Å²) in [6.07, 6.45) is 2.49. The molecule has 0 radical (unpaired) electrons. The molecule has 6 nitrogen and oxygen atoms in total. The first-order chi connectivity index (χ1) is 9.08. The molecule has 1 amide bonds. The molecule has 1 fully saturated rings. The monoisotopic (exact) mass is 264 g/mol. The maximum absolute atomic E-state index is 11.7. The first-order valence-corrected chi connectivity index (χ1v) is 6.46. The number of hydrogen-bond donors (Lipinski definition) is 0. The fraction of sp³-hybridized carbons (Fsp3) is 0.615. The number of amides is 1. The van der Waals surface area contributed by atoms with Crippen LogP contribution in [-0.2, 0) is 4.74 Å². The molecule has 19 heavy (non-hydrogen) atoms. The minimum absolute atomic E-state index is 0.138. The van der Waals surface area contributed by atoms with Crippen molar-refractivity contribution < 1.29 is 9.53 Å². The molecule has 1 unspecified atom stereocenters. The van der Waals surface area contributed by atoms with E-state index in [1.54, 1.807) is 20.2 Å². The van der Waals surface area contributed by atoms with Crippen LogP contribution in [0.1, 0.15) is 23.3 Å². The topological polar surface area (TPSA) is 58.6 Å². The van der Waals surface area contributed by atoms with E-state index in [2.05, 4.69) is 10.2 Å². The van der Waals surface area contributed by atoms with Gasteiger partial charge in [0.05, 0.1) is 6.10 Å². The van der Waals surface area contributed by atoms with Crippen LogP contribution in [0.2, 0.25) is 0 Å². The van der Waals surface area contributed by atoms with Crippen LogP contribution in [0.4, 0.5) is 5.82 Å². The highest BCUT2D eigenvalue weighted by Crippen LogP contribution is 2.16. The van der Waals surface area contributed by atoms with Crippen molar-refractivity contribution in [1.29, 1.82) is 0 Å². The summed E-state index contributed by atoms with van der Waals surface area (Å²) in [6.45, 7) is 1.65. The smallest absolute Gasteiger partial charge is 0.273 e. The van der Waals surface area contributed by atoms with E-state index in [0.29, 0.717) is 5.69 Å². The van der Waals surface area contributed by atoms with Gasteiger partial charge in [0.1, 0.15) is 0 Å². The standard InChI is InChI=1S/C13H20N4O2/c1-16(2)13(18)11-6-7-12(15-14-11)17(3)9-10-5-4-8-19-10/h6-7,10H,4-5,8-9H2,1-3H3. The fourth-order valence-corrected chi connectivity index (χ4v) is 2.06. The van der Waals surface area contributed by atoms with Gasteiger partial charge in [-0.15, -0.1) is 10.2 Å². The molecule has 0 spiro atoms. The molecule has 6 heteroatoms. The highest BCUT2D eigenvalue weighted by molar-refractivity contribution is 5.91. The maximum atomic E-state index is 11.7. The third kappa shape index (κ3) is 3.41. The lowest BCUT2D eigenvalue weighted by molar-refractivity contribution is 0.0820. The highest BCUT2D eigenvalue weighted by Gasteiger charge is 2.18. The van der Waals surface area contributed by atoms with Crippen molar-refractivity contribution in [2.45, 2.75) is 18.9 Å². The number of likely N-dealkylation sites (N-methyl/N-ethyl adjacent to an activating group) is 1. The molecular formula is C13H20N4O2. The Hall–Kier alpha value is -1.69. The predicted octanol–water partition coefficient (Wildman–Crippen LogP) is 0.794. The number of hydrogen-bond acceptors (Lipinski definition) is 5. The molecule has 1 aromatic heterocycles. The summed E-state index contributed by atoms with van der Waals surface area (Å²) in [6, 6.07) is 3.52. The van der Waals surface area contributed by atoms with Gasteiger partial charge in [0.2, 0.25) is 0 Å². The van der Waals surface area contributed by atoms with Gasteiger partial charge in [-0.25, -0.2) is 0 Å². The van der Waals surface area contributed by atoms with E-state index >= 15 is 0 Å². The molecule has 2 rings (SSSR count). The lowest BCUT2D eigenvalue weighted by Crippen LogP contribution is -2.29. The Kier molecular flexibility index (Phi) is 4.31. The molecule has 1 aliphatic rings. The summed E-state index contributed by atoms with van der Waals surface area (Å²) in [4.78, 5) is 15.2. The molecular weight excluding hydrogens is 244 g/mol. The summed E-state index contributed by atoms with van der Waals surface area (Å²) >= 11 is 0. The van der Waals surface area contributed by atoms with Crippen LogP contribution in [0.3, 0.4) is 0 Å². The number of rotatable bonds is 4. The number of ether oxygens (including phenoxy) is 1. The van der Waals surface area contributed by atoms with E-state index in [4.69, 9.17) is 4.74 Å². The Morgan fingerprint density at radius 1 is 1.37 bits per heavy atom. The Morgan fingerprint density at radius 2 is 2.16 bits per heavy atom. The molecule has 0 bridgehead atoms. The van der Waals surface area contributed by atoms with Gasteiger partial charge in [-0.05, 0) is 25.0 Å². The summed E-state index contributed by atoms with van der Waals surface area (Å²) in [7, 11) is 5.35. The first kappa shape index (κ1) is 13.7. The molecule has 1 atom stereocenters. The van der Waals surface area contributed by atoms with Gasteiger partial charge in [0.15, 0.2) is 11.5 Å². The van der Waals surface area contributed by atoms with E-state index in [0.717, 1.165) is 31.8 Å². The van der Waals surface area contributed by atoms with Crippen LogP contribution in [0.25, 0.3) is 0 Å². The number of carbonyl (C=O) groups excluding carboxylic acids is 1. The second-order valence-electron chi connectivity index (χ2n) is 4.99. The molecule has 1 aliphatic heterocycles. The second kappa shape index (κ2) is 5.97. The molecule has 1 aromatic rings.